The van der Waals surface area contributed by atoms with Crippen molar-refractivity contribution in [2.24, 2.45) is 5.41 Å². The number of aromatic hydroxyl groups is 2. The molecule has 23 heavy (non-hydrogen) atoms. The van der Waals surface area contributed by atoms with E-state index in [0.717, 1.165) is 12.0 Å². The zero-order valence-electron chi connectivity index (χ0n) is 15.2. The normalized spacial score (nSPS) is 11.6. The van der Waals surface area contributed by atoms with Gasteiger partial charge in [-0.2, -0.15) is 0 Å². The van der Waals surface area contributed by atoms with Gasteiger partial charge in [-0.25, -0.2) is 0 Å². The van der Waals surface area contributed by atoms with Crippen molar-refractivity contribution in [2.45, 2.75) is 53.4 Å². The molecule has 0 radical (unpaired) electrons. The van der Waals surface area contributed by atoms with Gasteiger partial charge in [0, 0.05) is 0 Å². The summed E-state index contributed by atoms with van der Waals surface area (Å²) in [6, 6.07) is 14.7. The van der Waals surface area contributed by atoms with E-state index in [1.54, 1.807) is 24.3 Å². The molecule has 0 aliphatic rings. The lowest BCUT2D eigenvalue weighted by atomic mass is 9.72. The molecule has 0 bridgehead atoms. The largest absolute Gasteiger partial charge is 0.508 e. The third-order valence-corrected chi connectivity index (χ3v) is 3.62. The predicted octanol–water partition coefficient (Wildman–Crippen LogP) is 5.81. The van der Waals surface area contributed by atoms with Crippen molar-refractivity contribution in [2.75, 3.05) is 0 Å². The van der Waals surface area contributed by atoms with Gasteiger partial charge < -0.3 is 10.2 Å². The van der Waals surface area contributed by atoms with Gasteiger partial charge in [0.1, 0.15) is 11.5 Å². The molecular weight excluding hydrogens is 284 g/mol. The molecule has 0 heterocycles. The minimum absolute atomic E-state index is 0.159. The Kier molecular flexibility index (Phi) is 6.26. The van der Waals surface area contributed by atoms with Crippen LogP contribution in [0.25, 0.3) is 0 Å². The summed E-state index contributed by atoms with van der Waals surface area (Å²) in [5, 5.41) is 18.1. The highest BCUT2D eigenvalue weighted by Crippen LogP contribution is 2.36. The van der Waals surface area contributed by atoms with Crippen LogP contribution >= 0.6 is 0 Å². The Labute approximate surface area is 140 Å². The van der Waals surface area contributed by atoms with E-state index in [4.69, 9.17) is 5.11 Å². The molecular formula is C21H30O2. The van der Waals surface area contributed by atoms with Gasteiger partial charge in [0.2, 0.25) is 0 Å². The zero-order chi connectivity index (χ0) is 17.7. The fourth-order valence-corrected chi connectivity index (χ4v) is 2.97. The summed E-state index contributed by atoms with van der Waals surface area (Å²) in [6.45, 7) is 13.2. The fraction of sp³-hybridized carbons (Fsp3) is 0.429. The van der Waals surface area contributed by atoms with E-state index in [1.807, 2.05) is 31.2 Å². The first-order valence-corrected chi connectivity index (χ1v) is 8.05. The molecule has 0 aromatic heterocycles. The third kappa shape index (κ3) is 7.23. The lowest BCUT2D eigenvalue weighted by Gasteiger charge is -2.33. The van der Waals surface area contributed by atoms with Gasteiger partial charge in [-0.1, -0.05) is 58.9 Å². The van der Waals surface area contributed by atoms with Crippen molar-refractivity contribution in [3.8, 4) is 11.5 Å². The number of phenolic OH excluding ortho intramolecular Hbond substituents is 2. The van der Waals surface area contributed by atoms with Crippen LogP contribution in [0.2, 0.25) is 0 Å². The van der Waals surface area contributed by atoms with Crippen LogP contribution in [0.15, 0.2) is 48.5 Å². The molecule has 0 fully saturated rings. The van der Waals surface area contributed by atoms with Crippen molar-refractivity contribution in [3.05, 3.63) is 59.7 Å². The van der Waals surface area contributed by atoms with Crippen LogP contribution in [0.3, 0.4) is 0 Å². The van der Waals surface area contributed by atoms with Gasteiger partial charge in [-0.15, -0.1) is 0 Å². The standard InChI is InChI=1S/C14H22O.C7H8O/c1-13(2,3)10-14(4,5)11-6-8-12(15)9-7-11;1-6-3-2-4-7(8)5-6/h6-9,15H,10H2,1-5H3;2-5,8H,1H3. The number of benzene rings is 2. The molecule has 0 saturated carbocycles. The highest BCUT2D eigenvalue weighted by Gasteiger charge is 2.26. The quantitative estimate of drug-likeness (QED) is 0.734. The highest BCUT2D eigenvalue weighted by molar-refractivity contribution is 5.30. The second-order valence-electron chi connectivity index (χ2n) is 8.01. The molecule has 2 rings (SSSR count). The summed E-state index contributed by atoms with van der Waals surface area (Å²) in [4.78, 5) is 0. The van der Waals surface area contributed by atoms with Crippen LogP contribution in [0, 0.1) is 12.3 Å². The molecule has 2 N–H and O–H groups in total. The second kappa shape index (κ2) is 7.54. The summed E-state index contributed by atoms with van der Waals surface area (Å²) in [6.07, 6.45) is 1.13. The fourth-order valence-electron chi connectivity index (χ4n) is 2.97. The van der Waals surface area contributed by atoms with Crippen LogP contribution in [-0.4, -0.2) is 10.2 Å². The number of rotatable bonds is 2. The number of aryl methyl sites for hydroxylation is 1. The van der Waals surface area contributed by atoms with Crippen LogP contribution in [-0.2, 0) is 5.41 Å². The van der Waals surface area contributed by atoms with Gasteiger partial charge in [-0.3, -0.25) is 0 Å². The maximum atomic E-state index is 9.25. The molecule has 0 aliphatic heterocycles. The molecule has 0 spiro atoms. The maximum absolute atomic E-state index is 9.25. The molecule has 0 amide bonds. The first kappa shape index (κ1) is 19.1. The number of phenols is 2. The summed E-state index contributed by atoms with van der Waals surface area (Å²) >= 11 is 0. The van der Waals surface area contributed by atoms with E-state index in [0.29, 0.717) is 16.9 Å². The average Bonchev–Trinajstić information content (AvgIpc) is 2.36. The van der Waals surface area contributed by atoms with Crippen LogP contribution in [0.4, 0.5) is 0 Å². The molecule has 2 aromatic carbocycles. The highest BCUT2D eigenvalue weighted by atomic mass is 16.3. The topological polar surface area (TPSA) is 40.5 Å². The number of hydrogen-bond acceptors (Lipinski definition) is 2. The molecule has 2 aromatic rings. The summed E-state index contributed by atoms with van der Waals surface area (Å²) < 4.78 is 0. The maximum Gasteiger partial charge on any atom is 0.115 e. The first-order valence-electron chi connectivity index (χ1n) is 8.05. The second-order valence-corrected chi connectivity index (χ2v) is 8.01. The Morgan fingerprint density at radius 1 is 0.783 bits per heavy atom. The zero-order valence-corrected chi connectivity index (χ0v) is 15.2. The van der Waals surface area contributed by atoms with Crippen molar-refractivity contribution in [3.63, 3.8) is 0 Å². The van der Waals surface area contributed by atoms with Gasteiger partial charge in [-0.05, 0) is 59.6 Å². The molecule has 0 atom stereocenters. The van der Waals surface area contributed by atoms with E-state index < -0.39 is 0 Å². The van der Waals surface area contributed by atoms with Crippen molar-refractivity contribution in [1.29, 1.82) is 0 Å². The van der Waals surface area contributed by atoms with Crippen molar-refractivity contribution in [1.82, 2.24) is 0 Å². The van der Waals surface area contributed by atoms with Gasteiger partial charge in [0.15, 0.2) is 0 Å². The van der Waals surface area contributed by atoms with E-state index in [2.05, 4.69) is 34.6 Å². The summed E-state index contributed by atoms with van der Waals surface area (Å²) in [7, 11) is 0. The van der Waals surface area contributed by atoms with E-state index >= 15 is 0 Å². The molecule has 126 valence electrons. The Balaban J connectivity index is 0.000000277. The predicted molar refractivity (Wildman–Crippen MR) is 98.0 cm³/mol. The molecule has 0 aliphatic carbocycles. The smallest absolute Gasteiger partial charge is 0.115 e. The molecule has 2 nitrogen and oxygen atoms in total. The number of hydrogen-bond donors (Lipinski definition) is 2. The SMILES string of the molecule is CC(C)(C)CC(C)(C)c1ccc(O)cc1.Cc1cccc(O)c1. The Morgan fingerprint density at radius 2 is 1.35 bits per heavy atom. The molecule has 0 saturated heterocycles. The van der Waals surface area contributed by atoms with Gasteiger partial charge >= 0.3 is 0 Å². The van der Waals surface area contributed by atoms with Crippen LogP contribution in [0.5, 0.6) is 11.5 Å². The van der Waals surface area contributed by atoms with E-state index in [1.165, 1.54) is 5.56 Å². The van der Waals surface area contributed by atoms with E-state index in [-0.39, 0.29) is 5.41 Å². The third-order valence-electron chi connectivity index (χ3n) is 3.62. The van der Waals surface area contributed by atoms with Gasteiger partial charge in [0.05, 0.1) is 0 Å². The summed E-state index contributed by atoms with van der Waals surface area (Å²) in [5.41, 5.74) is 2.85. The lowest BCUT2D eigenvalue weighted by molar-refractivity contribution is 0.284. The van der Waals surface area contributed by atoms with Crippen molar-refractivity contribution >= 4 is 0 Å². The van der Waals surface area contributed by atoms with Crippen molar-refractivity contribution < 1.29 is 10.2 Å². The van der Waals surface area contributed by atoms with Gasteiger partial charge in [0.25, 0.3) is 0 Å². The van der Waals surface area contributed by atoms with Crippen LogP contribution < -0.4 is 0 Å². The van der Waals surface area contributed by atoms with Crippen LogP contribution in [0.1, 0.15) is 52.2 Å². The molecule has 0 unspecified atom stereocenters. The first-order chi connectivity index (χ1) is 10.5. The minimum Gasteiger partial charge on any atom is -0.508 e. The van der Waals surface area contributed by atoms with E-state index in [9.17, 15) is 5.11 Å². The Morgan fingerprint density at radius 3 is 1.74 bits per heavy atom. The minimum atomic E-state index is 0.159. The average molecular weight is 314 g/mol. The Bertz CT molecular complexity index is 587. The Hall–Kier alpha value is -1.96. The molecule has 2 heteroatoms. The lowest BCUT2D eigenvalue weighted by Crippen LogP contribution is -2.24. The summed E-state index contributed by atoms with van der Waals surface area (Å²) in [5.74, 6) is 0.676. The monoisotopic (exact) mass is 314 g/mol.